The van der Waals surface area contributed by atoms with Crippen molar-refractivity contribution < 1.29 is 0 Å². The fourth-order valence-electron chi connectivity index (χ4n) is 3.29. The molecule has 6 heteroatoms. The smallest absolute Gasteiger partial charge is 0.159 e. The Balaban J connectivity index is 1.76. The van der Waals surface area contributed by atoms with Crippen molar-refractivity contribution in [3.63, 3.8) is 0 Å². The maximum absolute atomic E-state index is 4.55. The van der Waals surface area contributed by atoms with Gasteiger partial charge in [0.15, 0.2) is 5.82 Å². The van der Waals surface area contributed by atoms with Crippen LogP contribution >= 0.6 is 0 Å². The molecule has 0 bridgehead atoms. The summed E-state index contributed by atoms with van der Waals surface area (Å²) in [5, 5.41) is 21.7. The lowest BCUT2D eigenvalue weighted by Gasteiger charge is -2.33. The molecule has 3 heterocycles. The van der Waals surface area contributed by atoms with Gasteiger partial charge in [0, 0.05) is 36.1 Å². The first-order valence-corrected chi connectivity index (χ1v) is 8.04. The van der Waals surface area contributed by atoms with Gasteiger partial charge in [-0.3, -0.25) is 5.10 Å². The van der Waals surface area contributed by atoms with Gasteiger partial charge < -0.3 is 10.2 Å². The van der Waals surface area contributed by atoms with E-state index in [4.69, 9.17) is 0 Å². The third kappa shape index (κ3) is 2.55. The van der Waals surface area contributed by atoms with Gasteiger partial charge in [0.2, 0.25) is 0 Å². The normalized spacial score (nSPS) is 16.1. The molecule has 0 atom stereocenters. The van der Waals surface area contributed by atoms with Crippen molar-refractivity contribution in [1.82, 2.24) is 25.7 Å². The second-order valence-electron chi connectivity index (χ2n) is 5.94. The third-order valence-electron chi connectivity index (χ3n) is 4.63. The number of aromatic nitrogens is 4. The van der Waals surface area contributed by atoms with E-state index in [1.807, 2.05) is 19.2 Å². The number of fused-ring (bicyclic) bond motifs is 1. The van der Waals surface area contributed by atoms with Crippen LogP contribution in [0.25, 0.3) is 22.2 Å². The van der Waals surface area contributed by atoms with Crippen molar-refractivity contribution in [2.75, 3.05) is 25.0 Å². The highest BCUT2D eigenvalue weighted by Gasteiger charge is 2.22. The molecule has 4 rings (SSSR count). The lowest BCUT2D eigenvalue weighted by Crippen LogP contribution is -2.41. The number of rotatable bonds is 3. The molecular formula is C17H20N6. The highest BCUT2D eigenvalue weighted by Crippen LogP contribution is 2.31. The molecule has 118 valence electrons. The Kier molecular flexibility index (Phi) is 3.67. The number of piperidine rings is 1. The van der Waals surface area contributed by atoms with Crippen LogP contribution in [0.5, 0.6) is 0 Å². The van der Waals surface area contributed by atoms with Gasteiger partial charge in [0.1, 0.15) is 5.69 Å². The Bertz CT molecular complexity index is 790. The lowest BCUT2D eigenvalue weighted by atomic mass is 10.0. The van der Waals surface area contributed by atoms with Gasteiger partial charge in [-0.2, -0.15) is 5.10 Å². The van der Waals surface area contributed by atoms with Crippen molar-refractivity contribution in [2.45, 2.75) is 18.9 Å². The van der Waals surface area contributed by atoms with Crippen LogP contribution in [0.2, 0.25) is 0 Å². The summed E-state index contributed by atoms with van der Waals surface area (Å²) >= 11 is 0. The predicted octanol–water partition coefficient (Wildman–Crippen LogP) is 2.21. The van der Waals surface area contributed by atoms with Gasteiger partial charge in [-0.1, -0.05) is 24.3 Å². The molecule has 0 amide bonds. The largest absolute Gasteiger partial charge is 0.354 e. The SMILES string of the molecule is CNC1CCN(c2nnc(-c3ccn[nH]3)c3ccccc23)CC1. The summed E-state index contributed by atoms with van der Waals surface area (Å²) in [6, 6.07) is 10.9. The van der Waals surface area contributed by atoms with E-state index >= 15 is 0 Å². The predicted molar refractivity (Wildman–Crippen MR) is 91.4 cm³/mol. The molecule has 0 unspecified atom stereocenters. The van der Waals surface area contributed by atoms with E-state index in [9.17, 15) is 0 Å². The minimum absolute atomic E-state index is 0.606. The number of nitrogens with one attached hydrogen (secondary N) is 2. The summed E-state index contributed by atoms with van der Waals surface area (Å²) in [5.41, 5.74) is 1.75. The highest BCUT2D eigenvalue weighted by atomic mass is 15.3. The van der Waals surface area contributed by atoms with Crippen LogP contribution < -0.4 is 10.2 Å². The molecule has 1 aliphatic rings. The highest BCUT2D eigenvalue weighted by molar-refractivity contribution is 5.99. The van der Waals surface area contributed by atoms with Crippen LogP contribution in [0.15, 0.2) is 36.5 Å². The molecule has 2 aromatic heterocycles. The quantitative estimate of drug-likeness (QED) is 0.776. The number of hydrogen-bond donors (Lipinski definition) is 2. The molecule has 1 fully saturated rings. The summed E-state index contributed by atoms with van der Waals surface area (Å²) < 4.78 is 0. The van der Waals surface area contributed by atoms with Crippen LogP contribution in [-0.2, 0) is 0 Å². The molecule has 2 N–H and O–H groups in total. The Hall–Kier alpha value is -2.47. The molecular weight excluding hydrogens is 288 g/mol. The number of H-pyrrole nitrogens is 1. The van der Waals surface area contributed by atoms with Crippen LogP contribution in [0.4, 0.5) is 5.82 Å². The van der Waals surface area contributed by atoms with E-state index in [0.29, 0.717) is 6.04 Å². The van der Waals surface area contributed by atoms with Crippen molar-refractivity contribution >= 4 is 16.6 Å². The summed E-state index contributed by atoms with van der Waals surface area (Å²) in [6.07, 6.45) is 4.01. The standard InChI is InChI=1S/C17H20N6/c1-18-12-7-10-23(11-8-12)17-14-5-3-2-4-13(14)16(21-22-17)15-6-9-19-20-15/h2-6,9,12,18H,7-8,10-11H2,1H3,(H,19,20). The molecule has 3 aromatic rings. The van der Waals surface area contributed by atoms with Crippen LogP contribution in [0.3, 0.4) is 0 Å². The third-order valence-corrected chi connectivity index (χ3v) is 4.63. The number of aromatic amines is 1. The number of benzene rings is 1. The summed E-state index contributed by atoms with van der Waals surface area (Å²) in [6.45, 7) is 2.02. The van der Waals surface area contributed by atoms with E-state index in [0.717, 1.165) is 53.9 Å². The Labute approximate surface area is 134 Å². The topological polar surface area (TPSA) is 69.7 Å². The maximum Gasteiger partial charge on any atom is 0.159 e. The number of nitrogens with zero attached hydrogens (tertiary/aromatic N) is 4. The van der Waals surface area contributed by atoms with E-state index < -0.39 is 0 Å². The van der Waals surface area contributed by atoms with Gasteiger partial charge in [0.05, 0.1) is 5.69 Å². The Morgan fingerprint density at radius 3 is 2.57 bits per heavy atom. The second-order valence-corrected chi connectivity index (χ2v) is 5.94. The molecule has 1 aromatic carbocycles. The monoisotopic (exact) mass is 308 g/mol. The molecule has 1 saturated heterocycles. The van der Waals surface area contributed by atoms with E-state index in [1.165, 1.54) is 0 Å². The first-order chi connectivity index (χ1) is 11.4. The summed E-state index contributed by atoms with van der Waals surface area (Å²) in [7, 11) is 2.04. The fourth-order valence-corrected chi connectivity index (χ4v) is 3.29. The number of anilines is 1. The van der Waals surface area contributed by atoms with Crippen LogP contribution in [0.1, 0.15) is 12.8 Å². The van der Waals surface area contributed by atoms with Crippen molar-refractivity contribution in [3.8, 4) is 11.4 Å². The van der Waals surface area contributed by atoms with Crippen LogP contribution in [0, 0.1) is 0 Å². The van der Waals surface area contributed by atoms with Gasteiger partial charge in [-0.15, -0.1) is 10.2 Å². The minimum Gasteiger partial charge on any atom is -0.354 e. The zero-order chi connectivity index (χ0) is 15.6. The number of hydrogen-bond acceptors (Lipinski definition) is 5. The maximum atomic E-state index is 4.55. The van der Waals surface area contributed by atoms with E-state index in [2.05, 4.69) is 48.8 Å². The minimum atomic E-state index is 0.606. The fraction of sp³-hybridized carbons (Fsp3) is 0.353. The first-order valence-electron chi connectivity index (χ1n) is 8.04. The Morgan fingerprint density at radius 1 is 1.09 bits per heavy atom. The summed E-state index contributed by atoms with van der Waals surface area (Å²) in [5.74, 6) is 0.985. The molecule has 0 saturated carbocycles. The van der Waals surface area contributed by atoms with Crippen LogP contribution in [-0.4, -0.2) is 46.6 Å². The van der Waals surface area contributed by atoms with E-state index in [1.54, 1.807) is 6.20 Å². The second kappa shape index (κ2) is 5.96. The molecule has 1 aliphatic heterocycles. The average molecular weight is 308 g/mol. The molecule has 0 aliphatic carbocycles. The zero-order valence-corrected chi connectivity index (χ0v) is 13.2. The van der Waals surface area contributed by atoms with Crippen molar-refractivity contribution in [1.29, 1.82) is 0 Å². The average Bonchev–Trinajstić information content (AvgIpc) is 3.15. The van der Waals surface area contributed by atoms with Gasteiger partial charge >= 0.3 is 0 Å². The van der Waals surface area contributed by atoms with Crippen molar-refractivity contribution in [3.05, 3.63) is 36.5 Å². The lowest BCUT2D eigenvalue weighted by molar-refractivity contribution is 0.441. The molecule has 0 spiro atoms. The summed E-state index contributed by atoms with van der Waals surface area (Å²) in [4.78, 5) is 2.35. The van der Waals surface area contributed by atoms with Crippen molar-refractivity contribution in [2.24, 2.45) is 0 Å². The molecule has 6 nitrogen and oxygen atoms in total. The molecule has 0 radical (unpaired) electrons. The Morgan fingerprint density at radius 2 is 1.87 bits per heavy atom. The first kappa shape index (κ1) is 14.1. The van der Waals surface area contributed by atoms with Gasteiger partial charge in [-0.05, 0) is 26.0 Å². The van der Waals surface area contributed by atoms with Gasteiger partial charge in [-0.25, -0.2) is 0 Å². The van der Waals surface area contributed by atoms with Gasteiger partial charge in [0.25, 0.3) is 0 Å². The zero-order valence-electron chi connectivity index (χ0n) is 13.2. The molecule has 23 heavy (non-hydrogen) atoms. The van der Waals surface area contributed by atoms with E-state index in [-0.39, 0.29) is 0 Å².